The summed E-state index contributed by atoms with van der Waals surface area (Å²) >= 11 is 0. The standard InChI is InChI=1S/C13H14F3NO2.C5H8N4/c14-13(15,16)17-7-9(6-12(18)19)5-10-3-1-2-4-11(10)8-17;1-2-8-9-4-3-7-5(9)6-1/h1-4,9H,5-8H2,(H,18,19);3-4,8H,1-2H2,(H,6,7). The smallest absolute Gasteiger partial charge is 0.460 e. The van der Waals surface area contributed by atoms with Crippen LogP contribution in [0.15, 0.2) is 36.7 Å². The molecule has 2 aromatic rings. The average molecular weight is 397 g/mol. The van der Waals surface area contributed by atoms with Crippen LogP contribution in [0.1, 0.15) is 17.5 Å². The first kappa shape index (κ1) is 20.0. The molecule has 0 saturated heterocycles. The average Bonchev–Trinajstić information content (AvgIpc) is 3.02. The SMILES string of the molecule is O=C(O)CC1Cc2ccccc2CN(C(F)(F)F)C1.c1cn2c(n1)NCCN2. The monoisotopic (exact) mass is 397 g/mol. The van der Waals surface area contributed by atoms with Crippen molar-refractivity contribution in [1.82, 2.24) is 14.6 Å². The third kappa shape index (κ3) is 5.16. The molecule has 0 aliphatic carbocycles. The van der Waals surface area contributed by atoms with Crippen molar-refractivity contribution in [3.8, 4) is 0 Å². The van der Waals surface area contributed by atoms with E-state index in [0.717, 1.165) is 24.6 Å². The molecule has 2 aliphatic heterocycles. The molecular weight excluding hydrogens is 375 g/mol. The van der Waals surface area contributed by atoms with Crippen LogP contribution < -0.4 is 10.7 Å². The van der Waals surface area contributed by atoms with E-state index in [-0.39, 0.29) is 19.5 Å². The minimum absolute atomic E-state index is 0.213. The number of hydrogen-bond acceptors (Lipinski definition) is 5. The Morgan fingerprint density at radius 2 is 2.00 bits per heavy atom. The topological polar surface area (TPSA) is 82.4 Å². The molecular formula is C18H22F3N5O2. The Balaban J connectivity index is 0.000000206. The number of aliphatic carboxylic acids is 1. The second kappa shape index (κ2) is 8.51. The normalized spacial score (nSPS) is 19.0. The highest BCUT2D eigenvalue weighted by Crippen LogP contribution is 2.31. The zero-order chi connectivity index (χ0) is 20.1. The van der Waals surface area contributed by atoms with Gasteiger partial charge in [0.05, 0.1) is 0 Å². The lowest BCUT2D eigenvalue weighted by molar-refractivity contribution is -0.252. The van der Waals surface area contributed by atoms with Crippen LogP contribution in [0.2, 0.25) is 0 Å². The molecule has 1 unspecified atom stereocenters. The number of carboxylic acids is 1. The minimum atomic E-state index is -4.44. The van der Waals surface area contributed by atoms with Crippen molar-refractivity contribution in [3.63, 3.8) is 0 Å². The van der Waals surface area contributed by atoms with Crippen LogP contribution in [0.25, 0.3) is 0 Å². The Morgan fingerprint density at radius 1 is 1.25 bits per heavy atom. The number of benzene rings is 1. The van der Waals surface area contributed by atoms with Gasteiger partial charge in [-0.1, -0.05) is 24.3 Å². The molecule has 1 aromatic carbocycles. The second-order valence-electron chi connectivity index (χ2n) is 6.74. The quantitative estimate of drug-likeness (QED) is 0.676. The Labute approximate surface area is 160 Å². The van der Waals surface area contributed by atoms with Gasteiger partial charge in [-0.05, 0) is 23.5 Å². The highest BCUT2D eigenvalue weighted by Gasteiger charge is 2.40. The largest absolute Gasteiger partial charge is 0.481 e. The van der Waals surface area contributed by atoms with Crippen LogP contribution in [-0.2, 0) is 17.8 Å². The number of imidazole rings is 1. The Morgan fingerprint density at radius 3 is 2.68 bits per heavy atom. The molecule has 1 aromatic heterocycles. The number of fused-ring (bicyclic) bond motifs is 2. The van der Waals surface area contributed by atoms with Gasteiger partial charge in [0.25, 0.3) is 0 Å². The Hall–Kier alpha value is -2.75. The van der Waals surface area contributed by atoms with Crippen molar-refractivity contribution >= 4 is 11.9 Å². The van der Waals surface area contributed by atoms with Crippen molar-refractivity contribution in [1.29, 1.82) is 0 Å². The van der Waals surface area contributed by atoms with Gasteiger partial charge in [-0.15, -0.1) is 0 Å². The Bertz CT molecular complexity index is 788. The molecule has 152 valence electrons. The second-order valence-corrected chi connectivity index (χ2v) is 6.74. The molecule has 0 amide bonds. The van der Waals surface area contributed by atoms with Gasteiger partial charge in [0.1, 0.15) is 0 Å². The molecule has 2 aliphatic rings. The van der Waals surface area contributed by atoms with E-state index in [2.05, 4.69) is 15.7 Å². The number of nitrogens with zero attached hydrogens (tertiary/aromatic N) is 3. The minimum Gasteiger partial charge on any atom is -0.481 e. The predicted octanol–water partition coefficient (Wildman–Crippen LogP) is 2.51. The molecule has 0 radical (unpaired) electrons. The lowest BCUT2D eigenvalue weighted by Gasteiger charge is -2.25. The summed E-state index contributed by atoms with van der Waals surface area (Å²) in [4.78, 5) is 15.2. The Kier molecular flexibility index (Phi) is 6.08. The van der Waals surface area contributed by atoms with Crippen LogP contribution >= 0.6 is 0 Å². The first-order chi connectivity index (χ1) is 13.3. The van der Waals surface area contributed by atoms with Crippen molar-refractivity contribution < 1.29 is 23.1 Å². The zero-order valence-electron chi connectivity index (χ0n) is 15.1. The zero-order valence-corrected chi connectivity index (χ0v) is 15.1. The molecule has 10 heteroatoms. The fourth-order valence-corrected chi connectivity index (χ4v) is 3.36. The van der Waals surface area contributed by atoms with E-state index in [1.807, 2.05) is 10.9 Å². The summed E-state index contributed by atoms with van der Waals surface area (Å²) in [5.74, 6) is -0.685. The number of hydrogen-bond donors (Lipinski definition) is 3. The molecule has 0 spiro atoms. The van der Waals surface area contributed by atoms with E-state index in [9.17, 15) is 18.0 Å². The summed E-state index contributed by atoms with van der Waals surface area (Å²) in [5.41, 5.74) is 4.56. The summed E-state index contributed by atoms with van der Waals surface area (Å²) < 4.78 is 40.6. The van der Waals surface area contributed by atoms with Gasteiger partial charge in [-0.25, -0.2) is 14.6 Å². The molecule has 0 bridgehead atoms. The molecule has 3 heterocycles. The maximum atomic E-state index is 12.9. The lowest BCUT2D eigenvalue weighted by atomic mass is 9.95. The van der Waals surface area contributed by atoms with Gasteiger partial charge in [-0.2, -0.15) is 13.2 Å². The molecule has 3 N–H and O–H groups in total. The fraction of sp³-hybridized carbons (Fsp3) is 0.444. The maximum absolute atomic E-state index is 12.9. The van der Waals surface area contributed by atoms with E-state index < -0.39 is 18.2 Å². The first-order valence-electron chi connectivity index (χ1n) is 8.94. The highest BCUT2D eigenvalue weighted by atomic mass is 19.4. The fourth-order valence-electron chi connectivity index (χ4n) is 3.36. The summed E-state index contributed by atoms with van der Waals surface area (Å²) in [7, 11) is 0. The summed E-state index contributed by atoms with van der Waals surface area (Å²) in [6.45, 7) is 1.43. The van der Waals surface area contributed by atoms with E-state index in [4.69, 9.17) is 5.11 Å². The van der Waals surface area contributed by atoms with E-state index in [0.29, 0.717) is 16.9 Å². The number of aromatic nitrogens is 2. The van der Waals surface area contributed by atoms with Crippen LogP contribution in [0.5, 0.6) is 0 Å². The molecule has 7 nitrogen and oxygen atoms in total. The van der Waals surface area contributed by atoms with E-state index in [1.165, 1.54) is 0 Å². The predicted molar refractivity (Wildman–Crippen MR) is 97.3 cm³/mol. The first-order valence-corrected chi connectivity index (χ1v) is 8.94. The summed E-state index contributed by atoms with van der Waals surface area (Å²) in [6, 6.07) is 6.89. The van der Waals surface area contributed by atoms with Crippen LogP contribution in [0.4, 0.5) is 19.1 Å². The number of carboxylic acid groups (broad SMARTS) is 1. The summed E-state index contributed by atoms with van der Waals surface area (Å²) in [5, 5.41) is 11.9. The number of rotatable bonds is 2. The number of anilines is 1. The molecule has 4 rings (SSSR count). The highest BCUT2D eigenvalue weighted by molar-refractivity contribution is 5.67. The number of halogens is 3. The number of nitrogens with one attached hydrogen (secondary N) is 2. The van der Waals surface area contributed by atoms with Gasteiger partial charge in [0.2, 0.25) is 5.95 Å². The van der Waals surface area contributed by atoms with Gasteiger partial charge in [0.15, 0.2) is 0 Å². The van der Waals surface area contributed by atoms with E-state index >= 15 is 0 Å². The van der Waals surface area contributed by atoms with Gasteiger partial charge < -0.3 is 15.8 Å². The van der Waals surface area contributed by atoms with Crippen LogP contribution in [0, 0.1) is 5.92 Å². The third-order valence-corrected chi connectivity index (χ3v) is 4.62. The van der Waals surface area contributed by atoms with E-state index in [1.54, 1.807) is 30.5 Å². The van der Waals surface area contributed by atoms with Crippen molar-refractivity contribution in [2.24, 2.45) is 5.92 Å². The molecule has 28 heavy (non-hydrogen) atoms. The molecule has 0 fully saturated rings. The van der Waals surface area contributed by atoms with Gasteiger partial charge in [0, 0.05) is 45.0 Å². The van der Waals surface area contributed by atoms with Crippen molar-refractivity contribution in [3.05, 3.63) is 47.8 Å². The number of alkyl halides is 3. The van der Waals surface area contributed by atoms with Gasteiger partial charge >= 0.3 is 12.3 Å². The summed E-state index contributed by atoms with van der Waals surface area (Å²) in [6.07, 6.45) is -0.660. The van der Waals surface area contributed by atoms with Crippen molar-refractivity contribution in [2.45, 2.75) is 25.7 Å². The number of carbonyl (C=O) groups is 1. The maximum Gasteiger partial charge on any atom is 0.460 e. The molecule has 1 atom stereocenters. The van der Waals surface area contributed by atoms with Gasteiger partial charge in [-0.3, -0.25) is 4.79 Å². The molecule has 0 saturated carbocycles. The van der Waals surface area contributed by atoms with Crippen LogP contribution in [-0.4, -0.2) is 51.6 Å². The van der Waals surface area contributed by atoms with Crippen LogP contribution in [0.3, 0.4) is 0 Å². The lowest BCUT2D eigenvalue weighted by Crippen LogP contribution is -2.40. The third-order valence-electron chi connectivity index (χ3n) is 4.62. The van der Waals surface area contributed by atoms with Crippen molar-refractivity contribution in [2.75, 3.05) is 30.4 Å².